The zero-order chi connectivity index (χ0) is 30.1. The number of aliphatic hydroxyl groups excluding tert-OH is 1. The van der Waals surface area contributed by atoms with E-state index in [1.807, 2.05) is 35.2 Å². The Kier molecular flexibility index (Phi) is 7.31. The Morgan fingerprint density at radius 1 is 1.14 bits per heavy atom. The smallest absolute Gasteiger partial charge is 0.410 e. The second kappa shape index (κ2) is 10.8. The topological polar surface area (TPSA) is 76.1 Å². The highest BCUT2D eigenvalue weighted by molar-refractivity contribution is 5.96. The second-order valence-corrected chi connectivity index (χ2v) is 15.4. The number of piperidine rings is 1. The van der Waals surface area contributed by atoms with Crippen molar-refractivity contribution in [1.29, 1.82) is 0 Å². The summed E-state index contributed by atoms with van der Waals surface area (Å²) < 4.78 is 13.0. The van der Waals surface area contributed by atoms with Crippen LogP contribution in [0.5, 0.6) is 0 Å². The SMILES string of the molecule is CC1=C2C[C@H]3[C@@H](CCC4CC(=O)/C(=C\O)C[C@@]43C)[C@@H]2CC[C@@]2(C1)O[C@@H]1C[C@H](C)CN(C(=O)OCc3ccccc3)[C@H]1[C@H]2C. The van der Waals surface area contributed by atoms with Gasteiger partial charge >= 0.3 is 6.09 Å². The minimum absolute atomic E-state index is 0.0424. The Morgan fingerprint density at radius 2 is 1.93 bits per heavy atom. The van der Waals surface area contributed by atoms with Crippen molar-refractivity contribution >= 4 is 11.9 Å². The van der Waals surface area contributed by atoms with E-state index in [2.05, 4.69) is 27.7 Å². The molecule has 6 aliphatic rings. The molecule has 5 fully saturated rings. The number of fused-ring (bicyclic) bond motifs is 6. The molecule has 1 N–H and O–H groups in total. The molecule has 43 heavy (non-hydrogen) atoms. The van der Waals surface area contributed by atoms with Crippen LogP contribution in [-0.4, -0.2) is 46.2 Å². The number of Topliss-reactive ketones (excluding diaryl/α,β-unsaturated/α-hetero) is 1. The minimum atomic E-state index is -0.251. The average Bonchev–Trinajstić information content (AvgIpc) is 3.46. The first-order chi connectivity index (χ1) is 20.6. The van der Waals surface area contributed by atoms with Crippen LogP contribution >= 0.6 is 0 Å². The first kappa shape index (κ1) is 29.1. The van der Waals surface area contributed by atoms with Crippen molar-refractivity contribution in [3.8, 4) is 0 Å². The Morgan fingerprint density at radius 3 is 2.70 bits per heavy atom. The largest absolute Gasteiger partial charge is 0.515 e. The summed E-state index contributed by atoms with van der Waals surface area (Å²) in [6, 6.07) is 9.97. The molecule has 4 aliphatic carbocycles. The lowest BCUT2D eigenvalue weighted by molar-refractivity contribution is -0.124. The Bertz CT molecular complexity index is 1340. The van der Waals surface area contributed by atoms with Crippen molar-refractivity contribution in [3.05, 3.63) is 58.9 Å². The van der Waals surface area contributed by atoms with Crippen LogP contribution in [0.1, 0.15) is 91.0 Å². The van der Waals surface area contributed by atoms with E-state index in [-0.39, 0.29) is 41.0 Å². The van der Waals surface area contributed by atoms with Gasteiger partial charge in [-0.25, -0.2) is 4.79 Å². The number of hydrogen-bond acceptors (Lipinski definition) is 5. The molecule has 1 aromatic rings. The van der Waals surface area contributed by atoms with E-state index in [0.717, 1.165) is 63.3 Å². The third kappa shape index (κ3) is 4.69. The third-order valence-electron chi connectivity index (χ3n) is 13.1. The molecule has 232 valence electrons. The number of carbonyl (C=O) groups is 2. The number of aliphatic hydroxyl groups is 1. The number of amides is 1. The van der Waals surface area contributed by atoms with E-state index in [1.54, 1.807) is 5.57 Å². The molecule has 1 unspecified atom stereocenters. The average molecular weight is 588 g/mol. The first-order valence-electron chi connectivity index (χ1n) is 16.8. The predicted octanol–water partition coefficient (Wildman–Crippen LogP) is 7.78. The van der Waals surface area contributed by atoms with Gasteiger partial charge in [0.05, 0.1) is 24.0 Å². The summed E-state index contributed by atoms with van der Waals surface area (Å²) in [5.74, 6) is 2.95. The summed E-state index contributed by atoms with van der Waals surface area (Å²) in [4.78, 5) is 28.2. The number of hydrogen-bond donors (Lipinski definition) is 1. The number of carbonyl (C=O) groups excluding carboxylic acids is 2. The number of ether oxygens (including phenoxy) is 2. The molecule has 7 rings (SSSR count). The molecule has 2 saturated heterocycles. The predicted molar refractivity (Wildman–Crippen MR) is 165 cm³/mol. The first-order valence-corrected chi connectivity index (χ1v) is 16.8. The Hall–Kier alpha value is -2.60. The normalized spacial score (nSPS) is 43.2. The van der Waals surface area contributed by atoms with Crippen molar-refractivity contribution in [3.63, 3.8) is 0 Å². The number of likely N-dealkylation sites (tertiary alicyclic amines) is 1. The molecule has 1 spiro atoms. The van der Waals surface area contributed by atoms with E-state index in [4.69, 9.17) is 9.47 Å². The molecular weight excluding hydrogens is 538 g/mol. The highest BCUT2D eigenvalue weighted by Gasteiger charge is 2.61. The standard InChI is InChI=1S/C37H49NO5/c1-22-14-33-34(38(19-22)35(41)42-21-25-8-6-5-7-9-25)24(3)37(43-33)13-12-28-29-11-10-27-15-32(40)26(20-39)18-36(27,4)31(29)16-30(28)23(2)17-37/h5-9,20,22,24,27-29,31,33-34,39H,10-19,21H2,1-4H3/b26-20-/t22-,24+,27?,28-,29-,31-,33+,34-,36-,37-/m0/s1. The van der Waals surface area contributed by atoms with Crippen molar-refractivity contribution < 1.29 is 24.2 Å². The Labute approximate surface area is 256 Å². The number of benzene rings is 1. The molecule has 1 amide bonds. The van der Waals surface area contributed by atoms with Gasteiger partial charge in [-0.1, -0.05) is 62.2 Å². The van der Waals surface area contributed by atoms with E-state index >= 15 is 0 Å². The number of allylic oxidation sites excluding steroid dienone is 2. The van der Waals surface area contributed by atoms with Gasteiger partial charge < -0.3 is 19.5 Å². The minimum Gasteiger partial charge on any atom is -0.515 e. The highest BCUT2D eigenvalue weighted by atomic mass is 16.6. The van der Waals surface area contributed by atoms with Gasteiger partial charge in [0, 0.05) is 24.5 Å². The van der Waals surface area contributed by atoms with E-state index in [1.165, 1.54) is 12.0 Å². The maximum Gasteiger partial charge on any atom is 0.410 e. The van der Waals surface area contributed by atoms with Crippen molar-refractivity contribution in [2.45, 2.75) is 110 Å². The molecule has 6 heteroatoms. The van der Waals surface area contributed by atoms with E-state index in [9.17, 15) is 14.7 Å². The van der Waals surface area contributed by atoms with Crippen molar-refractivity contribution in [2.24, 2.45) is 40.9 Å². The fourth-order valence-electron chi connectivity index (χ4n) is 10.9. The lowest BCUT2D eigenvalue weighted by atomic mass is 9.51. The maximum absolute atomic E-state index is 13.5. The molecule has 0 bridgehead atoms. The molecule has 0 radical (unpaired) electrons. The van der Waals surface area contributed by atoms with Gasteiger partial charge in [-0.15, -0.1) is 0 Å². The zero-order valence-electron chi connectivity index (χ0n) is 26.4. The van der Waals surface area contributed by atoms with Gasteiger partial charge in [-0.05, 0) is 98.9 Å². The molecule has 0 aromatic heterocycles. The maximum atomic E-state index is 13.5. The monoisotopic (exact) mass is 587 g/mol. The summed E-state index contributed by atoms with van der Waals surface area (Å²) in [5, 5.41) is 9.84. The van der Waals surface area contributed by atoms with Gasteiger partial charge in [0.1, 0.15) is 6.61 Å². The molecule has 3 saturated carbocycles. The van der Waals surface area contributed by atoms with Crippen LogP contribution in [0.3, 0.4) is 0 Å². The Balaban J connectivity index is 1.12. The van der Waals surface area contributed by atoms with Crippen LogP contribution in [0.25, 0.3) is 0 Å². The highest BCUT2D eigenvalue weighted by Crippen LogP contribution is 2.65. The van der Waals surface area contributed by atoms with Crippen LogP contribution < -0.4 is 0 Å². The van der Waals surface area contributed by atoms with Crippen LogP contribution in [0.4, 0.5) is 4.79 Å². The summed E-state index contributed by atoms with van der Waals surface area (Å²) in [6.45, 7) is 10.3. The quantitative estimate of drug-likeness (QED) is 0.217. The van der Waals surface area contributed by atoms with Crippen LogP contribution in [0, 0.1) is 40.9 Å². The third-order valence-corrected chi connectivity index (χ3v) is 13.1. The van der Waals surface area contributed by atoms with Crippen LogP contribution in [0.2, 0.25) is 0 Å². The molecule has 2 aliphatic heterocycles. The molecule has 2 heterocycles. The fraction of sp³-hybridized carbons (Fsp3) is 0.676. The molecular formula is C37H49NO5. The van der Waals surface area contributed by atoms with Gasteiger partial charge in [-0.2, -0.15) is 0 Å². The number of ketones is 1. The van der Waals surface area contributed by atoms with Gasteiger partial charge in [0.2, 0.25) is 0 Å². The summed E-state index contributed by atoms with van der Waals surface area (Å²) >= 11 is 0. The molecule has 10 atom stereocenters. The van der Waals surface area contributed by atoms with Crippen molar-refractivity contribution in [1.82, 2.24) is 4.90 Å². The zero-order valence-corrected chi connectivity index (χ0v) is 26.4. The molecule has 6 nitrogen and oxygen atoms in total. The van der Waals surface area contributed by atoms with E-state index < -0.39 is 0 Å². The lowest BCUT2D eigenvalue weighted by Crippen LogP contribution is -2.54. The van der Waals surface area contributed by atoms with Gasteiger partial charge in [0.25, 0.3) is 0 Å². The van der Waals surface area contributed by atoms with E-state index in [0.29, 0.717) is 48.2 Å². The van der Waals surface area contributed by atoms with Gasteiger partial charge in [0.15, 0.2) is 5.78 Å². The summed E-state index contributed by atoms with van der Waals surface area (Å²) in [5.41, 5.74) is 4.61. The van der Waals surface area contributed by atoms with Crippen LogP contribution in [-0.2, 0) is 20.9 Å². The second-order valence-electron chi connectivity index (χ2n) is 15.4. The van der Waals surface area contributed by atoms with Crippen LogP contribution in [0.15, 0.2) is 53.3 Å². The summed E-state index contributed by atoms with van der Waals surface area (Å²) in [6.07, 6.45) is 9.75. The summed E-state index contributed by atoms with van der Waals surface area (Å²) in [7, 11) is 0. The molecule has 1 aromatic carbocycles. The number of rotatable bonds is 2. The van der Waals surface area contributed by atoms with Crippen molar-refractivity contribution in [2.75, 3.05) is 6.54 Å². The lowest BCUT2D eigenvalue weighted by Gasteiger charge is -2.52. The number of nitrogens with zero attached hydrogens (tertiary/aromatic N) is 1. The fourth-order valence-corrected chi connectivity index (χ4v) is 10.9. The van der Waals surface area contributed by atoms with Gasteiger partial charge in [-0.3, -0.25) is 4.79 Å².